The van der Waals surface area contributed by atoms with Gasteiger partial charge >= 0.3 is 0 Å². The number of rotatable bonds is 3. The Morgan fingerprint density at radius 2 is 1.93 bits per heavy atom. The van der Waals surface area contributed by atoms with Gasteiger partial charge in [-0.2, -0.15) is 0 Å². The predicted octanol–water partition coefficient (Wildman–Crippen LogP) is 4.14. The number of fused-ring (bicyclic) bond motifs is 1. The quantitative estimate of drug-likeness (QED) is 0.806. The maximum atomic E-state index is 12.3. The Morgan fingerprint density at radius 1 is 1.19 bits per heavy atom. The molecule has 0 bridgehead atoms. The van der Waals surface area contributed by atoms with Crippen LogP contribution in [0.1, 0.15) is 35.8 Å². The Labute approximate surface area is 168 Å². The summed E-state index contributed by atoms with van der Waals surface area (Å²) < 4.78 is 5.27. The lowest BCUT2D eigenvalue weighted by atomic mass is 9.61. The highest BCUT2D eigenvalue weighted by molar-refractivity contribution is 6.31. The van der Waals surface area contributed by atoms with Crippen LogP contribution in [0, 0.1) is 5.92 Å². The highest BCUT2D eigenvalue weighted by atomic mass is 35.5. The van der Waals surface area contributed by atoms with Gasteiger partial charge in [0, 0.05) is 22.5 Å². The van der Waals surface area contributed by atoms with Crippen LogP contribution in [-0.2, 0) is 4.79 Å². The lowest BCUT2D eigenvalue weighted by molar-refractivity contribution is -0.142. The van der Waals surface area contributed by atoms with E-state index < -0.39 is 5.60 Å². The molecular formula is C21H21Cl2NO3. The first-order valence-electron chi connectivity index (χ1n) is 9.03. The van der Waals surface area contributed by atoms with E-state index in [2.05, 4.69) is 5.32 Å². The monoisotopic (exact) mass is 405 g/mol. The van der Waals surface area contributed by atoms with Crippen molar-refractivity contribution in [3.63, 3.8) is 0 Å². The minimum absolute atomic E-state index is 0.0501. The Bertz CT molecular complexity index is 870. The molecule has 1 heterocycles. The van der Waals surface area contributed by atoms with Gasteiger partial charge in [0.1, 0.15) is 11.4 Å². The van der Waals surface area contributed by atoms with Crippen LogP contribution in [0.3, 0.4) is 0 Å². The summed E-state index contributed by atoms with van der Waals surface area (Å²) in [5, 5.41) is 15.2. The zero-order chi connectivity index (χ0) is 19.2. The molecule has 0 spiro atoms. The molecule has 4 nitrogen and oxygen atoms in total. The molecule has 0 radical (unpaired) electrons. The minimum Gasteiger partial charge on any atom is -0.497 e. The summed E-state index contributed by atoms with van der Waals surface area (Å²) >= 11 is 12.7. The van der Waals surface area contributed by atoms with Gasteiger partial charge in [0.25, 0.3) is 5.91 Å². The van der Waals surface area contributed by atoms with Crippen molar-refractivity contribution < 1.29 is 14.6 Å². The van der Waals surface area contributed by atoms with Crippen LogP contribution in [-0.4, -0.2) is 30.3 Å². The van der Waals surface area contributed by atoms with E-state index in [-0.39, 0.29) is 23.7 Å². The third-order valence-electron chi connectivity index (χ3n) is 6.05. The standard InChI is InChI=1S/C21H21Cl2NO3/c1-27-14-6-7-15(18(23)10-14)16-8-9-21(26)17(11-24-20(21)25)19(16)12-2-4-13(22)5-3-12/h2-7,10,16-17,19,26H,8-9,11H2,1H3,(H,24,25). The summed E-state index contributed by atoms with van der Waals surface area (Å²) in [4.78, 5) is 12.3. The van der Waals surface area contributed by atoms with E-state index in [0.29, 0.717) is 35.2 Å². The zero-order valence-electron chi connectivity index (χ0n) is 14.9. The minimum atomic E-state index is -1.33. The van der Waals surface area contributed by atoms with Crippen LogP contribution < -0.4 is 10.1 Å². The number of ether oxygens (including phenoxy) is 1. The molecule has 1 amide bonds. The first kappa shape index (κ1) is 18.6. The van der Waals surface area contributed by atoms with E-state index in [1.165, 1.54) is 0 Å². The molecule has 2 fully saturated rings. The van der Waals surface area contributed by atoms with Gasteiger partial charge in [-0.25, -0.2) is 0 Å². The maximum Gasteiger partial charge on any atom is 0.252 e. The number of hydrogen-bond donors (Lipinski definition) is 2. The van der Waals surface area contributed by atoms with Crippen molar-refractivity contribution in [2.24, 2.45) is 5.92 Å². The van der Waals surface area contributed by atoms with Gasteiger partial charge < -0.3 is 15.2 Å². The SMILES string of the molecule is COc1ccc(C2CCC3(O)C(=O)NCC3C2c2ccc(Cl)cc2)c(Cl)c1. The molecule has 1 saturated heterocycles. The van der Waals surface area contributed by atoms with E-state index in [1.54, 1.807) is 7.11 Å². The van der Waals surface area contributed by atoms with Crippen molar-refractivity contribution >= 4 is 29.1 Å². The largest absolute Gasteiger partial charge is 0.497 e. The Hall–Kier alpha value is -1.75. The Kier molecular flexibility index (Phi) is 4.83. The third-order valence-corrected chi connectivity index (χ3v) is 6.63. The van der Waals surface area contributed by atoms with Gasteiger partial charge in [0.2, 0.25) is 0 Å². The highest BCUT2D eigenvalue weighted by Gasteiger charge is 2.57. The van der Waals surface area contributed by atoms with E-state index in [4.69, 9.17) is 27.9 Å². The first-order valence-corrected chi connectivity index (χ1v) is 9.79. The fourth-order valence-corrected chi connectivity index (χ4v) is 5.12. The van der Waals surface area contributed by atoms with E-state index in [1.807, 2.05) is 42.5 Å². The summed E-state index contributed by atoms with van der Waals surface area (Å²) in [6.45, 7) is 0.451. The molecule has 1 saturated carbocycles. The third kappa shape index (κ3) is 3.10. The lowest BCUT2D eigenvalue weighted by Gasteiger charge is -2.44. The molecule has 1 aliphatic carbocycles. The van der Waals surface area contributed by atoms with Crippen molar-refractivity contribution in [2.75, 3.05) is 13.7 Å². The Morgan fingerprint density at radius 3 is 2.59 bits per heavy atom. The van der Waals surface area contributed by atoms with Crippen LogP contribution in [0.25, 0.3) is 0 Å². The van der Waals surface area contributed by atoms with Gasteiger partial charge in [0.05, 0.1) is 7.11 Å². The second-order valence-corrected chi connectivity index (χ2v) is 8.19. The molecule has 1 aliphatic heterocycles. The van der Waals surface area contributed by atoms with Crippen molar-refractivity contribution in [2.45, 2.75) is 30.3 Å². The zero-order valence-corrected chi connectivity index (χ0v) is 16.4. The summed E-state index contributed by atoms with van der Waals surface area (Å²) in [5.41, 5.74) is 0.731. The molecule has 2 aliphatic rings. The summed E-state index contributed by atoms with van der Waals surface area (Å²) in [5.74, 6) is 0.249. The number of amides is 1. The van der Waals surface area contributed by atoms with Crippen LogP contribution in [0.15, 0.2) is 42.5 Å². The van der Waals surface area contributed by atoms with Gasteiger partial charge in [0.15, 0.2) is 0 Å². The van der Waals surface area contributed by atoms with Gasteiger partial charge in [-0.05, 0) is 60.1 Å². The molecule has 142 valence electrons. The molecule has 2 aromatic carbocycles. The molecule has 4 rings (SSSR count). The lowest BCUT2D eigenvalue weighted by Crippen LogP contribution is -2.49. The smallest absolute Gasteiger partial charge is 0.252 e. The second kappa shape index (κ2) is 7.01. The fraction of sp³-hybridized carbons (Fsp3) is 0.381. The van der Waals surface area contributed by atoms with Crippen LogP contribution >= 0.6 is 23.2 Å². The topological polar surface area (TPSA) is 58.6 Å². The van der Waals surface area contributed by atoms with Gasteiger partial charge in [-0.15, -0.1) is 0 Å². The number of benzene rings is 2. The average Bonchev–Trinajstić information content (AvgIpc) is 2.97. The van der Waals surface area contributed by atoms with Crippen molar-refractivity contribution in [3.05, 3.63) is 63.6 Å². The molecule has 2 aromatic rings. The van der Waals surface area contributed by atoms with Crippen molar-refractivity contribution in [3.8, 4) is 5.75 Å². The number of hydrogen-bond acceptors (Lipinski definition) is 3. The number of carbonyl (C=O) groups excluding carboxylic acids is 1. The Balaban J connectivity index is 1.80. The van der Waals surface area contributed by atoms with Crippen molar-refractivity contribution in [1.29, 1.82) is 0 Å². The summed E-state index contributed by atoms with van der Waals surface area (Å²) in [6.07, 6.45) is 1.08. The van der Waals surface area contributed by atoms with Crippen LogP contribution in [0.4, 0.5) is 0 Å². The molecule has 2 N–H and O–H groups in total. The fourth-order valence-electron chi connectivity index (χ4n) is 4.69. The van der Waals surface area contributed by atoms with Gasteiger partial charge in [-0.3, -0.25) is 4.79 Å². The van der Waals surface area contributed by atoms with E-state index in [0.717, 1.165) is 11.1 Å². The average molecular weight is 406 g/mol. The summed E-state index contributed by atoms with van der Waals surface area (Å²) in [6, 6.07) is 13.4. The maximum absolute atomic E-state index is 12.3. The number of methoxy groups -OCH3 is 1. The van der Waals surface area contributed by atoms with E-state index >= 15 is 0 Å². The molecule has 27 heavy (non-hydrogen) atoms. The summed E-state index contributed by atoms with van der Waals surface area (Å²) in [7, 11) is 1.61. The first-order chi connectivity index (χ1) is 12.9. The number of halogens is 2. The number of carbonyl (C=O) groups is 1. The van der Waals surface area contributed by atoms with Crippen molar-refractivity contribution in [1.82, 2.24) is 5.32 Å². The normalized spacial score (nSPS) is 29.9. The molecule has 4 atom stereocenters. The van der Waals surface area contributed by atoms with E-state index in [9.17, 15) is 9.90 Å². The molecular weight excluding hydrogens is 385 g/mol. The second-order valence-electron chi connectivity index (χ2n) is 7.35. The highest BCUT2D eigenvalue weighted by Crippen LogP contribution is 2.54. The number of nitrogens with one attached hydrogen (secondary N) is 1. The van der Waals surface area contributed by atoms with Crippen LogP contribution in [0.5, 0.6) is 5.75 Å². The predicted molar refractivity (Wildman–Crippen MR) is 106 cm³/mol. The molecule has 4 unspecified atom stereocenters. The molecule has 0 aromatic heterocycles. The number of aliphatic hydroxyl groups is 1. The van der Waals surface area contributed by atoms with Crippen LogP contribution in [0.2, 0.25) is 10.0 Å². The van der Waals surface area contributed by atoms with Gasteiger partial charge in [-0.1, -0.05) is 41.4 Å². The molecule has 6 heteroatoms.